The highest BCUT2D eigenvalue weighted by atomic mass is 16.0. The van der Waals surface area contributed by atoms with Gasteiger partial charge in [0.1, 0.15) is 5.69 Å². The average Bonchev–Trinajstić information content (AvgIpc) is 2.41. The summed E-state index contributed by atoms with van der Waals surface area (Å²) in [5, 5.41) is 0. The third kappa shape index (κ3) is 4.63. The van der Waals surface area contributed by atoms with Crippen molar-refractivity contribution in [1.29, 1.82) is 0 Å². The van der Waals surface area contributed by atoms with E-state index >= 15 is 0 Å². The molecule has 110 valence electrons. The van der Waals surface area contributed by atoms with E-state index in [1.165, 1.54) is 56.6 Å². The molecule has 0 saturated heterocycles. The lowest BCUT2D eigenvalue weighted by molar-refractivity contribution is 0.291. The second-order valence-corrected chi connectivity index (χ2v) is 5.35. The van der Waals surface area contributed by atoms with E-state index in [0.717, 1.165) is 4.48 Å². The second kappa shape index (κ2) is 9.11. The molecule has 1 aromatic carbocycles. The lowest BCUT2D eigenvalue weighted by Gasteiger charge is -2.37. The Morgan fingerprint density at radius 2 is 1.53 bits per heavy atom. The maximum atomic E-state index is 2.33. The zero-order valence-electron chi connectivity index (χ0n) is 13.2. The van der Waals surface area contributed by atoms with Crippen LogP contribution in [0.2, 0.25) is 0 Å². The van der Waals surface area contributed by atoms with Crippen LogP contribution in [0.25, 0.3) is 0 Å². The molecule has 0 unspecified atom stereocenters. The summed E-state index contributed by atoms with van der Waals surface area (Å²) in [6.45, 7) is 12.9. The number of hydrogen-bond donors (Lipinski definition) is 0. The van der Waals surface area contributed by atoms with Crippen molar-refractivity contribution >= 4 is 5.69 Å². The molecule has 0 aliphatic heterocycles. The van der Waals surface area contributed by atoms with Crippen LogP contribution in [0, 0.1) is 6.92 Å². The number of quaternary nitrogens is 1. The van der Waals surface area contributed by atoms with Crippen LogP contribution in [0.3, 0.4) is 0 Å². The third-order valence-corrected chi connectivity index (χ3v) is 4.28. The molecule has 1 rings (SSSR count). The molecule has 0 heterocycles. The molecule has 19 heavy (non-hydrogen) atoms. The Morgan fingerprint density at radius 3 is 2.05 bits per heavy atom. The molecule has 0 radical (unpaired) electrons. The van der Waals surface area contributed by atoms with Gasteiger partial charge < -0.3 is 5.48 Å². The predicted octanol–water partition coefficient (Wildman–Crippen LogP) is 4.75. The Labute approximate surface area is 119 Å². The van der Waals surface area contributed by atoms with Crippen LogP contribution >= 0.6 is 0 Å². The second-order valence-electron chi connectivity index (χ2n) is 5.35. The van der Waals surface area contributed by atoms with Crippen molar-refractivity contribution in [3.63, 3.8) is 0 Å². The zero-order chi connectivity index (χ0) is 13.4. The number of nitrogens with zero attached hydrogens (tertiary/aromatic N) is 1. The van der Waals surface area contributed by atoms with Gasteiger partial charge >= 0.3 is 0 Å². The van der Waals surface area contributed by atoms with E-state index in [4.69, 9.17) is 0 Å². The summed E-state index contributed by atoms with van der Waals surface area (Å²) in [6.07, 6.45) is 5.43. The molecular weight excluding hydrogens is 234 g/mol. The topological polar surface area (TPSA) is 30.0 Å². The monoisotopic (exact) mass is 265 g/mol. The largest absolute Gasteiger partial charge is 0.870 e. The van der Waals surface area contributed by atoms with Gasteiger partial charge in [-0.1, -0.05) is 38.0 Å². The maximum Gasteiger partial charge on any atom is 0.135 e. The molecular formula is C17H31NO. The summed E-state index contributed by atoms with van der Waals surface area (Å²) >= 11 is 0. The Balaban J connectivity index is 0.00000324. The standard InChI is InChI=1S/C17H30N.H2O/c1-5-8-9-12-15-18(6-2,7-3)17-14-11-10-13-16(17)4;/h10-11,13-14H,5-9,12,15H2,1-4H3;1H2/q+1;/p-1. The zero-order valence-corrected chi connectivity index (χ0v) is 13.2. The van der Waals surface area contributed by atoms with Gasteiger partial charge in [0, 0.05) is 5.56 Å². The SMILES string of the molecule is CCCCCC[N+](CC)(CC)c1ccccc1C.[OH-]. The minimum absolute atomic E-state index is 0. The lowest BCUT2D eigenvalue weighted by Crippen LogP contribution is -2.50. The molecule has 0 aliphatic rings. The van der Waals surface area contributed by atoms with Crippen LogP contribution in [0.5, 0.6) is 0 Å². The predicted molar refractivity (Wildman–Crippen MR) is 85.0 cm³/mol. The van der Waals surface area contributed by atoms with Crippen molar-refractivity contribution in [2.45, 2.75) is 53.4 Å². The first-order valence-corrected chi connectivity index (χ1v) is 7.62. The van der Waals surface area contributed by atoms with Gasteiger partial charge in [-0.2, -0.15) is 0 Å². The summed E-state index contributed by atoms with van der Waals surface area (Å²) in [6, 6.07) is 8.91. The molecule has 0 saturated carbocycles. The summed E-state index contributed by atoms with van der Waals surface area (Å²) in [7, 11) is 0. The quantitative estimate of drug-likeness (QED) is 0.493. The molecule has 2 heteroatoms. The van der Waals surface area contributed by atoms with Crippen LogP contribution in [0.1, 0.15) is 52.0 Å². The van der Waals surface area contributed by atoms with Crippen LogP contribution in [-0.4, -0.2) is 25.1 Å². The van der Waals surface area contributed by atoms with Gasteiger partial charge in [0.05, 0.1) is 19.6 Å². The summed E-state index contributed by atoms with van der Waals surface area (Å²) < 4.78 is 1.15. The average molecular weight is 265 g/mol. The highest BCUT2D eigenvalue weighted by Crippen LogP contribution is 2.27. The van der Waals surface area contributed by atoms with E-state index in [0.29, 0.717) is 0 Å². The fourth-order valence-electron chi connectivity index (χ4n) is 2.94. The third-order valence-electron chi connectivity index (χ3n) is 4.28. The van der Waals surface area contributed by atoms with Gasteiger partial charge in [0.25, 0.3) is 0 Å². The maximum absolute atomic E-state index is 2.33. The number of benzene rings is 1. The summed E-state index contributed by atoms with van der Waals surface area (Å²) in [5.74, 6) is 0. The van der Waals surface area contributed by atoms with E-state index in [1.54, 1.807) is 0 Å². The van der Waals surface area contributed by atoms with E-state index in [9.17, 15) is 0 Å². The molecule has 0 fully saturated rings. The highest BCUT2D eigenvalue weighted by Gasteiger charge is 2.27. The van der Waals surface area contributed by atoms with Gasteiger partial charge in [-0.15, -0.1) is 0 Å². The summed E-state index contributed by atoms with van der Waals surface area (Å²) in [5.41, 5.74) is 2.97. The molecule has 0 atom stereocenters. The van der Waals surface area contributed by atoms with E-state index in [-0.39, 0.29) is 5.48 Å². The normalized spacial score (nSPS) is 11.2. The van der Waals surface area contributed by atoms with Crippen molar-refractivity contribution in [3.05, 3.63) is 29.8 Å². The van der Waals surface area contributed by atoms with Crippen LogP contribution in [0.4, 0.5) is 5.69 Å². The first kappa shape index (κ1) is 18.1. The van der Waals surface area contributed by atoms with Crippen molar-refractivity contribution in [2.75, 3.05) is 19.6 Å². The van der Waals surface area contributed by atoms with Gasteiger partial charge in [0.2, 0.25) is 0 Å². The molecule has 1 N–H and O–H groups in total. The van der Waals surface area contributed by atoms with Crippen molar-refractivity contribution in [1.82, 2.24) is 4.48 Å². The number of unbranched alkanes of at least 4 members (excludes halogenated alkanes) is 3. The molecule has 0 bridgehead atoms. The van der Waals surface area contributed by atoms with Gasteiger partial charge in [0.15, 0.2) is 0 Å². The number of para-hydroxylation sites is 1. The summed E-state index contributed by atoms with van der Waals surface area (Å²) in [4.78, 5) is 0. The highest BCUT2D eigenvalue weighted by molar-refractivity contribution is 5.49. The first-order chi connectivity index (χ1) is 8.70. The van der Waals surface area contributed by atoms with Crippen molar-refractivity contribution < 1.29 is 5.48 Å². The van der Waals surface area contributed by atoms with Crippen LogP contribution in [0.15, 0.2) is 24.3 Å². The molecule has 0 aromatic heterocycles. The molecule has 0 aliphatic carbocycles. The Kier molecular flexibility index (Phi) is 8.70. The Morgan fingerprint density at radius 1 is 0.895 bits per heavy atom. The minimum Gasteiger partial charge on any atom is -0.870 e. The van der Waals surface area contributed by atoms with E-state index in [2.05, 4.69) is 52.0 Å². The fraction of sp³-hybridized carbons (Fsp3) is 0.647. The smallest absolute Gasteiger partial charge is 0.135 e. The Bertz CT molecular complexity index is 345. The molecule has 1 aromatic rings. The number of aryl methyl sites for hydroxylation is 1. The minimum atomic E-state index is 0. The van der Waals surface area contributed by atoms with Gasteiger partial charge in [-0.05, 0) is 39.7 Å². The van der Waals surface area contributed by atoms with Gasteiger partial charge in [-0.3, -0.25) is 4.48 Å². The van der Waals surface area contributed by atoms with Crippen molar-refractivity contribution in [2.24, 2.45) is 0 Å². The lowest BCUT2D eigenvalue weighted by atomic mass is 10.1. The van der Waals surface area contributed by atoms with Crippen molar-refractivity contribution in [3.8, 4) is 0 Å². The van der Waals surface area contributed by atoms with Crippen LogP contribution < -0.4 is 4.48 Å². The fourth-order valence-corrected chi connectivity index (χ4v) is 2.94. The molecule has 0 spiro atoms. The number of hydrogen-bond acceptors (Lipinski definition) is 1. The van der Waals surface area contributed by atoms with Crippen LogP contribution in [-0.2, 0) is 0 Å². The molecule has 2 nitrogen and oxygen atoms in total. The van der Waals surface area contributed by atoms with E-state index < -0.39 is 0 Å². The Hall–Kier alpha value is -0.860. The molecule has 0 amide bonds. The number of rotatable bonds is 8. The van der Waals surface area contributed by atoms with Gasteiger partial charge in [-0.25, -0.2) is 0 Å². The first-order valence-electron chi connectivity index (χ1n) is 7.62. The van der Waals surface area contributed by atoms with E-state index in [1.807, 2.05) is 0 Å².